The zero-order valence-electron chi connectivity index (χ0n) is 19.7. The van der Waals surface area contributed by atoms with Crippen LogP contribution >= 0.6 is 27.5 Å². The van der Waals surface area contributed by atoms with Gasteiger partial charge < -0.3 is 15.4 Å². The summed E-state index contributed by atoms with van der Waals surface area (Å²) in [4.78, 5) is 51.9. The van der Waals surface area contributed by atoms with E-state index < -0.39 is 17.8 Å². The molecule has 0 saturated heterocycles. The van der Waals surface area contributed by atoms with E-state index in [1.807, 2.05) is 0 Å². The molecule has 0 spiro atoms. The molecule has 3 amide bonds. The topological polar surface area (TPSA) is 105 Å². The molecule has 0 aliphatic carbocycles. The zero-order chi connectivity index (χ0) is 26.7. The molecule has 0 fully saturated rings. The van der Waals surface area contributed by atoms with Crippen LogP contribution < -0.4 is 15.5 Å². The molecule has 0 aromatic heterocycles. The Morgan fingerprint density at radius 3 is 2.27 bits per heavy atom. The molecule has 0 unspecified atom stereocenters. The van der Waals surface area contributed by atoms with E-state index in [9.17, 15) is 19.2 Å². The molecule has 3 aromatic rings. The average molecular weight is 583 g/mol. The predicted molar refractivity (Wildman–Crippen MR) is 145 cm³/mol. The molecule has 37 heavy (non-hydrogen) atoms. The molecule has 8 nitrogen and oxygen atoms in total. The Balaban J connectivity index is 1.52. The Labute approximate surface area is 226 Å². The standard InChI is InChI=1S/C27H21BrClN3O5/c1-15(2)37-27(36)17-6-4-8-21(14-17)32-25(34)22(29)23(26(32)35)30-20-7-3-5-16(13-20)24(33)31-19-11-9-18(28)10-12-19/h3-15,30H,1-2H3,(H,31,33). The van der Waals surface area contributed by atoms with Crippen LogP contribution in [0.5, 0.6) is 0 Å². The second kappa shape index (κ2) is 11.0. The van der Waals surface area contributed by atoms with Crippen LogP contribution in [0.4, 0.5) is 17.1 Å². The van der Waals surface area contributed by atoms with Crippen molar-refractivity contribution >= 4 is 68.3 Å². The highest BCUT2D eigenvalue weighted by Crippen LogP contribution is 2.31. The van der Waals surface area contributed by atoms with Crippen molar-refractivity contribution in [2.75, 3.05) is 15.5 Å². The molecule has 2 N–H and O–H groups in total. The molecule has 0 atom stereocenters. The molecule has 10 heteroatoms. The van der Waals surface area contributed by atoms with E-state index in [4.69, 9.17) is 16.3 Å². The van der Waals surface area contributed by atoms with Gasteiger partial charge in [-0.3, -0.25) is 14.4 Å². The lowest BCUT2D eigenvalue weighted by molar-refractivity contribution is -0.120. The average Bonchev–Trinajstić information content (AvgIpc) is 3.08. The van der Waals surface area contributed by atoms with Crippen LogP contribution in [0.3, 0.4) is 0 Å². The summed E-state index contributed by atoms with van der Waals surface area (Å²) in [5.41, 5.74) is 1.54. The van der Waals surface area contributed by atoms with Gasteiger partial charge in [0.25, 0.3) is 17.7 Å². The van der Waals surface area contributed by atoms with Gasteiger partial charge in [-0.1, -0.05) is 39.7 Å². The van der Waals surface area contributed by atoms with E-state index in [0.717, 1.165) is 9.37 Å². The van der Waals surface area contributed by atoms with Gasteiger partial charge in [0, 0.05) is 21.4 Å². The minimum Gasteiger partial charge on any atom is -0.459 e. The summed E-state index contributed by atoms with van der Waals surface area (Å²) in [6.07, 6.45) is -0.328. The molecule has 1 aliphatic rings. The highest BCUT2D eigenvalue weighted by molar-refractivity contribution is 9.10. The van der Waals surface area contributed by atoms with Crippen LogP contribution in [0.15, 0.2) is 88.0 Å². The van der Waals surface area contributed by atoms with Gasteiger partial charge in [0.2, 0.25) is 0 Å². The number of nitrogens with zero attached hydrogens (tertiary/aromatic N) is 1. The molecule has 188 valence electrons. The minimum atomic E-state index is -0.743. The van der Waals surface area contributed by atoms with Gasteiger partial charge in [0.15, 0.2) is 0 Å². The lowest BCUT2D eigenvalue weighted by atomic mass is 10.1. The van der Waals surface area contributed by atoms with E-state index in [2.05, 4.69) is 26.6 Å². The number of halogens is 2. The fourth-order valence-corrected chi connectivity index (χ4v) is 4.00. The number of rotatable bonds is 7. The third-order valence-corrected chi connectivity index (χ3v) is 6.09. The number of anilines is 3. The van der Waals surface area contributed by atoms with Gasteiger partial charge >= 0.3 is 5.97 Å². The van der Waals surface area contributed by atoms with E-state index in [1.165, 1.54) is 24.3 Å². The summed E-state index contributed by atoms with van der Waals surface area (Å²) in [5, 5.41) is 5.34. The Hall–Kier alpha value is -3.95. The minimum absolute atomic E-state index is 0.146. The Bertz CT molecular complexity index is 1440. The van der Waals surface area contributed by atoms with Gasteiger partial charge in [0.05, 0.1) is 17.4 Å². The number of hydrogen-bond donors (Lipinski definition) is 2. The summed E-state index contributed by atoms with van der Waals surface area (Å²) < 4.78 is 6.07. The molecular formula is C27H21BrClN3O5. The van der Waals surface area contributed by atoms with Crippen molar-refractivity contribution in [3.8, 4) is 0 Å². The lowest BCUT2D eigenvalue weighted by Crippen LogP contribution is -2.32. The molecule has 0 saturated carbocycles. The van der Waals surface area contributed by atoms with Gasteiger partial charge in [-0.05, 0) is 74.5 Å². The first-order chi connectivity index (χ1) is 17.6. The molecule has 1 heterocycles. The second-order valence-electron chi connectivity index (χ2n) is 8.31. The summed E-state index contributed by atoms with van der Waals surface area (Å²) in [7, 11) is 0. The number of imide groups is 1. The van der Waals surface area contributed by atoms with Crippen molar-refractivity contribution in [2.24, 2.45) is 0 Å². The van der Waals surface area contributed by atoms with Crippen molar-refractivity contribution in [1.82, 2.24) is 0 Å². The van der Waals surface area contributed by atoms with E-state index >= 15 is 0 Å². The van der Waals surface area contributed by atoms with Crippen molar-refractivity contribution in [3.05, 3.63) is 99.1 Å². The van der Waals surface area contributed by atoms with Crippen LogP contribution in [-0.2, 0) is 14.3 Å². The summed E-state index contributed by atoms with van der Waals surface area (Å²) >= 11 is 9.59. The van der Waals surface area contributed by atoms with E-state index in [0.29, 0.717) is 16.9 Å². The SMILES string of the molecule is CC(C)OC(=O)c1cccc(N2C(=O)C(Cl)=C(Nc3cccc(C(=O)Nc4ccc(Br)cc4)c3)C2=O)c1. The van der Waals surface area contributed by atoms with Gasteiger partial charge in [-0.25, -0.2) is 9.69 Å². The number of carbonyl (C=O) groups excluding carboxylic acids is 4. The fraction of sp³-hybridized carbons (Fsp3) is 0.111. The lowest BCUT2D eigenvalue weighted by Gasteiger charge is -2.16. The zero-order valence-corrected chi connectivity index (χ0v) is 22.1. The molecular weight excluding hydrogens is 562 g/mol. The Morgan fingerprint density at radius 1 is 0.892 bits per heavy atom. The van der Waals surface area contributed by atoms with Gasteiger partial charge in [-0.2, -0.15) is 0 Å². The first-order valence-electron chi connectivity index (χ1n) is 11.2. The molecule has 3 aromatic carbocycles. The maximum absolute atomic E-state index is 13.2. The summed E-state index contributed by atoms with van der Waals surface area (Å²) in [6.45, 7) is 3.44. The second-order valence-corrected chi connectivity index (χ2v) is 9.60. The number of esters is 1. The summed E-state index contributed by atoms with van der Waals surface area (Å²) in [6, 6.07) is 19.5. The van der Waals surface area contributed by atoms with Crippen LogP contribution in [-0.4, -0.2) is 29.8 Å². The number of nitrogens with one attached hydrogen (secondary N) is 2. The van der Waals surface area contributed by atoms with E-state index in [-0.39, 0.29) is 34.0 Å². The first kappa shape index (κ1) is 26.1. The molecule has 0 radical (unpaired) electrons. The van der Waals surface area contributed by atoms with Gasteiger partial charge in [-0.15, -0.1) is 0 Å². The van der Waals surface area contributed by atoms with Crippen molar-refractivity contribution < 1.29 is 23.9 Å². The number of amides is 3. The third kappa shape index (κ3) is 5.90. The predicted octanol–water partition coefficient (Wildman–Crippen LogP) is 5.70. The maximum atomic E-state index is 13.2. The monoisotopic (exact) mass is 581 g/mol. The van der Waals surface area contributed by atoms with Gasteiger partial charge in [0.1, 0.15) is 10.7 Å². The van der Waals surface area contributed by atoms with Crippen LogP contribution in [0.25, 0.3) is 0 Å². The van der Waals surface area contributed by atoms with E-state index in [1.54, 1.807) is 62.4 Å². The quantitative estimate of drug-likeness (QED) is 0.273. The number of carbonyl (C=O) groups is 4. The number of ether oxygens (including phenoxy) is 1. The number of hydrogen-bond acceptors (Lipinski definition) is 6. The maximum Gasteiger partial charge on any atom is 0.338 e. The Morgan fingerprint density at radius 2 is 1.57 bits per heavy atom. The molecule has 0 bridgehead atoms. The molecule has 4 rings (SSSR count). The smallest absolute Gasteiger partial charge is 0.338 e. The fourth-order valence-electron chi connectivity index (χ4n) is 3.52. The summed E-state index contributed by atoms with van der Waals surface area (Å²) in [5.74, 6) is -2.38. The van der Waals surface area contributed by atoms with Crippen LogP contribution in [0, 0.1) is 0 Å². The van der Waals surface area contributed by atoms with Crippen LogP contribution in [0.2, 0.25) is 0 Å². The highest BCUT2D eigenvalue weighted by Gasteiger charge is 2.39. The van der Waals surface area contributed by atoms with Crippen molar-refractivity contribution in [2.45, 2.75) is 20.0 Å². The third-order valence-electron chi connectivity index (χ3n) is 5.21. The number of benzene rings is 3. The highest BCUT2D eigenvalue weighted by atomic mass is 79.9. The van der Waals surface area contributed by atoms with Crippen molar-refractivity contribution in [3.63, 3.8) is 0 Å². The van der Waals surface area contributed by atoms with Crippen molar-refractivity contribution in [1.29, 1.82) is 0 Å². The largest absolute Gasteiger partial charge is 0.459 e. The Kier molecular flexibility index (Phi) is 7.75. The normalized spacial score (nSPS) is 13.3. The first-order valence-corrected chi connectivity index (χ1v) is 12.3. The molecule has 1 aliphatic heterocycles. The van der Waals surface area contributed by atoms with Crippen LogP contribution in [0.1, 0.15) is 34.6 Å².